The molecule has 1 aromatic carbocycles. The molecule has 0 saturated carbocycles. The Hall–Kier alpha value is -1.51. The fourth-order valence-electron chi connectivity index (χ4n) is 1.41. The summed E-state index contributed by atoms with van der Waals surface area (Å²) in [6.45, 7) is 1.61. The number of nitrogens with two attached hydrogens (primary N) is 1. The minimum atomic E-state index is -0.649. The first kappa shape index (κ1) is 13.9. The van der Waals surface area contributed by atoms with Crippen molar-refractivity contribution in [3.63, 3.8) is 0 Å². The van der Waals surface area contributed by atoms with Crippen LogP contribution in [-0.2, 0) is 0 Å². The Bertz CT molecular complexity index is 569. The summed E-state index contributed by atoms with van der Waals surface area (Å²) in [6, 6.07) is 1.69. The zero-order chi connectivity index (χ0) is 14.2. The number of halogens is 2. The minimum Gasteiger partial charge on any atom is -0.396 e. The summed E-state index contributed by atoms with van der Waals surface area (Å²) in [6.07, 6.45) is 0. The molecule has 0 aromatic heterocycles. The molecule has 0 saturated heterocycles. The smallest absolute Gasteiger partial charge is 0.275 e. The van der Waals surface area contributed by atoms with E-state index in [2.05, 4.69) is 0 Å². The van der Waals surface area contributed by atoms with E-state index in [4.69, 9.17) is 22.2 Å². The zero-order valence-corrected chi connectivity index (χ0v) is 11.2. The molecule has 0 bridgehead atoms. The van der Waals surface area contributed by atoms with Gasteiger partial charge < -0.3 is 10.6 Å². The lowest BCUT2D eigenvalue weighted by atomic mass is 10.3. The maximum Gasteiger partial charge on any atom is 0.275 e. The maximum absolute atomic E-state index is 13.1. The summed E-state index contributed by atoms with van der Waals surface area (Å²) in [5, 5.41) is 12.1. The lowest BCUT2D eigenvalue weighted by Gasteiger charge is -2.20. The van der Waals surface area contributed by atoms with Crippen LogP contribution in [0, 0.1) is 15.9 Å². The molecule has 6 nitrogen and oxygen atoms in total. The van der Waals surface area contributed by atoms with E-state index in [0.29, 0.717) is 0 Å². The van der Waals surface area contributed by atoms with E-state index in [1.165, 1.54) is 15.9 Å². The van der Waals surface area contributed by atoms with E-state index in [-0.39, 0.29) is 22.2 Å². The second kappa shape index (κ2) is 5.24. The van der Waals surface area contributed by atoms with Gasteiger partial charge in [-0.25, -0.2) is 4.39 Å². The summed E-state index contributed by atoms with van der Waals surface area (Å²) in [4.78, 5) is 15.6. The van der Waals surface area contributed by atoms with Crippen molar-refractivity contribution in [1.82, 2.24) is 4.47 Å². The first-order valence-electron chi connectivity index (χ1n) is 5.13. The number of hydrogen-bond donors (Lipinski definition) is 1. The fourth-order valence-corrected chi connectivity index (χ4v) is 2.51. The normalized spacial score (nSPS) is 19.3. The summed E-state index contributed by atoms with van der Waals surface area (Å²) in [5.74, 6) is -0.513. The van der Waals surface area contributed by atoms with Crippen LogP contribution in [0.25, 0.3) is 0 Å². The van der Waals surface area contributed by atoms with E-state index < -0.39 is 16.8 Å². The van der Waals surface area contributed by atoms with Crippen molar-refractivity contribution in [1.29, 1.82) is 0 Å². The van der Waals surface area contributed by atoms with Crippen LogP contribution in [0.2, 0.25) is 5.02 Å². The molecule has 1 aliphatic heterocycles. The fraction of sp³-hybridized carbons (Fsp3) is 0.200. The number of anilines is 1. The predicted molar refractivity (Wildman–Crippen MR) is 70.4 cm³/mol. The third-order valence-corrected chi connectivity index (χ3v) is 3.71. The number of benzene rings is 1. The van der Waals surface area contributed by atoms with Crippen molar-refractivity contribution in [3.8, 4) is 5.75 Å². The monoisotopic (exact) mass is 305 g/mol. The van der Waals surface area contributed by atoms with E-state index in [1.54, 1.807) is 6.92 Å². The molecule has 1 unspecified atom stereocenters. The van der Waals surface area contributed by atoms with E-state index in [0.717, 1.165) is 18.0 Å². The molecule has 2 N–H and O–H groups in total. The Kier molecular flexibility index (Phi) is 3.83. The van der Waals surface area contributed by atoms with Crippen LogP contribution >= 0.6 is 23.5 Å². The predicted octanol–water partition coefficient (Wildman–Crippen LogP) is 2.83. The highest BCUT2D eigenvalue weighted by Crippen LogP contribution is 2.35. The van der Waals surface area contributed by atoms with Gasteiger partial charge in [0.05, 0.1) is 21.0 Å². The second-order valence-corrected chi connectivity index (χ2v) is 4.98. The second-order valence-electron chi connectivity index (χ2n) is 3.76. The molecule has 1 aromatic rings. The highest BCUT2D eigenvalue weighted by Gasteiger charge is 2.35. The van der Waals surface area contributed by atoms with Crippen LogP contribution in [0.5, 0.6) is 5.75 Å². The number of nitro groups is 1. The molecule has 2 rings (SSSR count). The van der Waals surface area contributed by atoms with Gasteiger partial charge in [-0.15, -0.1) is 0 Å². The Morgan fingerprint density at radius 3 is 2.89 bits per heavy atom. The van der Waals surface area contributed by atoms with Crippen LogP contribution in [0.3, 0.4) is 0 Å². The molecule has 19 heavy (non-hydrogen) atoms. The van der Waals surface area contributed by atoms with E-state index >= 15 is 0 Å². The largest absolute Gasteiger partial charge is 0.396 e. The van der Waals surface area contributed by atoms with Crippen molar-refractivity contribution < 1.29 is 14.2 Å². The molecule has 102 valence electrons. The van der Waals surface area contributed by atoms with Crippen LogP contribution in [0.4, 0.5) is 10.1 Å². The van der Waals surface area contributed by atoms with Gasteiger partial charge in [-0.2, -0.15) is 0 Å². The van der Waals surface area contributed by atoms with Gasteiger partial charge in [-0.05, 0) is 24.9 Å². The number of nitrogen functional groups attached to an aromatic ring is 1. The summed E-state index contributed by atoms with van der Waals surface area (Å²) in [5.41, 5.74) is 5.31. The Morgan fingerprint density at radius 1 is 1.63 bits per heavy atom. The average Bonchev–Trinajstić information content (AvgIpc) is 2.68. The van der Waals surface area contributed by atoms with Gasteiger partial charge in [0.25, 0.3) is 5.70 Å². The van der Waals surface area contributed by atoms with Crippen molar-refractivity contribution >= 4 is 29.2 Å². The summed E-state index contributed by atoms with van der Waals surface area (Å²) >= 11 is 6.83. The SMILES string of the molecule is CC1C([N+](=O)[O-])=CSN1Oc1cc(N)c(F)cc1Cl. The van der Waals surface area contributed by atoms with Crippen molar-refractivity contribution in [2.24, 2.45) is 0 Å². The summed E-state index contributed by atoms with van der Waals surface area (Å²) < 4.78 is 14.4. The number of nitrogens with zero attached hydrogens (tertiary/aromatic N) is 2. The van der Waals surface area contributed by atoms with Gasteiger partial charge in [0.15, 0.2) is 5.75 Å². The van der Waals surface area contributed by atoms with Gasteiger partial charge >= 0.3 is 0 Å². The minimum absolute atomic E-state index is 0.0104. The molecule has 1 atom stereocenters. The van der Waals surface area contributed by atoms with Gasteiger partial charge in [0, 0.05) is 6.07 Å². The Morgan fingerprint density at radius 2 is 2.32 bits per heavy atom. The van der Waals surface area contributed by atoms with Gasteiger partial charge in [-0.3, -0.25) is 10.1 Å². The van der Waals surface area contributed by atoms with Gasteiger partial charge in [-0.1, -0.05) is 16.1 Å². The lowest BCUT2D eigenvalue weighted by molar-refractivity contribution is -0.432. The average molecular weight is 306 g/mol. The van der Waals surface area contributed by atoms with Crippen LogP contribution in [0.15, 0.2) is 23.2 Å². The molecule has 0 fully saturated rings. The Labute approximate surface area is 117 Å². The van der Waals surface area contributed by atoms with Crippen LogP contribution in [-0.4, -0.2) is 15.4 Å². The van der Waals surface area contributed by atoms with Crippen LogP contribution < -0.4 is 10.6 Å². The standard InChI is InChI=1S/C10H9ClFN3O3S/c1-5-9(14(16)17)4-19-15(5)18-10-3-8(13)7(12)2-6(10)11/h2-5H,13H2,1H3. The van der Waals surface area contributed by atoms with Crippen molar-refractivity contribution in [2.75, 3.05) is 5.73 Å². The Balaban J connectivity index is 2.16. The number of hydroxylamine groups is 1. The molecular weight excluding hydrogens is 297 g/mol. The maximum atomic E-state index is 13.1. The van der Waals surface area contributed by atoms with E-state index in [1.807, 2.05) is 0 Å². The van der Waals surface area contributed by atoms with Gasteiger partial charge in [0.1, 0.15) is 11.9 Å². The molecule has 0 radical (unpaired) electrons. The van der Waals surface area contributed by atoms with Crippen molar-refractivity contribution in [2.45, 2.75) is 13.0 Å². The van der Waals surface area contributed by atoms with Crippen molar-refractivity contribution in [3.05, 3.63) is 44.2 Å². The third-order valence-electron chi connectivity index (χ3n) is 2.47. The molecule has 1 heterocycles. The molecular formula is C10H9ClFN3O3S. The number of hydrogen-bond acceptors (Lipinski definition) is 6. The first-order valence-corrected chi connectivity index (χ1v) is 6.34. The van der Waals surface area contributed by atoms with E-state index in [9.17, 15) is 14.5 Å². The topological polar surface area (TPSA) is 81.6 Å². The molecule has 9 heteroatoms. The molecule has 1 aliphatic rings. The highest BCUT2D eigenvalue weighted by molar-refractivity contribution is 8.00. The highest BCUT2D eigenvalue weighted by atomic mass is 35.5. The third kappa shape index (κ3) is 2.75. The number of rotatable bonds is 3. The zero-order valence-electron chi connectivity index (χ0n) is 9.67. The lowest BCUT2D eigenvalue weighted by Crippen LogP contribution is -2.29. The molecule has 0 amide bonds. The molecule has 0 spiro atoms. The van der Waals surface area contributed by atoms with Gasteiger partial charge in [0.2, 0.25) is 0 Å². The molecule has 0 aliphatic carbocycles. The summed E-state index contributed by atoms with van der Waals surface area (Å²) in [7, 11) is 0. The van der Waals surface area contributed by atoms with Crippen LogP contribution in [0.1, 0.15) is 6.92 Å². The first-order chi connectivity index (χ1) is 8.90. The quantitative estimate of drug-likeness (QED) is 0.400.